The van der Waals surface area contributed by atoms with Crippen LogP contribution in [0.25, 0.3) is 0 Å². The average molecular weight is 182 g/mol. The van der Waals surface area contributed by atoms with Crippen LogP contribution >= 0.6 is 0 Å². The van der Waals surface area contributed by atoms with Crippen LogP contribution in [0.1, 0.15) is 26.4 Å². The Labute approximate surface area is 80.7 Å². The summed E-state index contributed by atoms with van der Waals surface area (Å²) in [6.07, 6.45) is 4.18. The molecule has 0 saturated carbocycles. The number of pyridine rings is 1. The second-order valence-electron chi connectivity index (χ2n) is 2.30. The topological polar surface area (TPSA) is 42.0 Å². The molecule has 1 rings (SSSR count). The minimum atomic E-state index is 0. The molecule has 13 heavy (non-hydrogen) atoms. The number of aryl methyl sites for hydroxylation is 1. The summed E-state index contributed by atoms with van der Waals surface area (Å²) in [5.41, 5.74) is 2.20. The summed E-state index contributed by atoms with van der Waals surface area (Å²) >= 11 is 0. The SMILES string of the molecule is CC.Cc1ccncc1CNC=O.[HH]. The van der Waals surface area contributed by atoms with E-state index in [0.29, 0.717) is 13.0 Å². The minimum Gasteiger partial charge on any atom is -0.355 e. The zero-order valence-electron chi connectivity index (χ0n) is 8.37. The third kappa shape index (κ3) is 4.25. The molecular weight excluding hydrogens is 164 g/mol. The molecule has 3 nitrogen and oxygen atoms in total. The van der Waals surface area contributed by atoms with Crippen LogP contribution in [0.2, 0.25) is 0 Å². The van der Waals surface area contributed by atoms with Crippen molar-refractivity contribution in [1.29, 1.82) is 0 Å². The number of nitrogens with one attached hydrogen (secondary N) is 1. The van der Waals surface area contributed by atoms with E-state index in [1.54, 1.807) is 12.4 Å². The van der Waals surface area contributed by atoms with E-state index in [1.165, 1.54) is 0 Å². The molecule has 0 spiro atoms. The number of nitrogens with zero attached hydrogens (tertiary/aromatic N) is 1. The smallest absolute Gasteiger partial charge is 0.207 e. The van der Waals surface area contributed by atoms with Crippen molar-refractivity contribution in [3.8, 4) is 0 Å². The molecule has 0 aliphatic rings. The standard InChI is InChI=1S/C8H10N2O.C2H6.H2/c1-7-2-3-9-4-8(7)5-10-6-11;1-2;/h2-4,6H,5H2,1H3,(H,10,11);1-2H3;1H. The molecule has 0 aliphatic heterocycles. The largest absolute Gasteiger partial charge is 0.355 e. The Balaban J connectivity index is 0. The molecule has 74 valence electrons. The van der Waals surface area contributed by atoms with E-state index < -0.39 is 0 Å². The van der Waals surface area contributed by atoms with Gasteiger partial charge < -0.3 is 5.32 Å². The summed E-state index contributed by atoms with van der Waals surface area (Å²) in [6.45, 7) is 6.55. The molecule has 0 saturated heterocycles. The van der Waals surface area contributed by atoms with Crippen molar-refractivity contribution in [3.05, 3.63) is 29.6 Å². The molecule has 1 N–H and O–H groups in total. The monoisotopic (exact) mass is 182 g/mol. The van der Waals surface area contributed by atoms with Gasteiger partial charge in [0.2, 0.25) is 6.41 Å². The molecule has 0 atom stereocenters. The van der Waals surface area contributed by atoms with Crippen LogP contribution < -0.4 is 5.32 Å². The van der Waals surface area contributed by atoms with Gasteiger partial charge >= 0.3 is 0 Å². The molecule has 1 amide bonds. The third-order valence-electron chi connectivity index (χ3n) is 1.52. The highest BCUT2D eigenvalue weighted by molar-refractivity contribution is 5.46. The Bertz CT molecular complexity index is 254. The Hall–Kier alpha value is -1.38. The van der Waals surface area contributed by atoms with E-state index in [-0.39, 0.29) is 1.43 Å². The lowest BCUT2D eigenvalue weighted by atomic mass is 10.2. The fourth-order valence-corrected chi connectivity index (χ4v) is 0.833. The summed E-state index contributed by atoms with van der Waals surface area (Å²) in [4.78, 5) is 13.9. The Morgan fingerprint density at radius 2 is 2.31 bits per heavy atom. The normalized spacial score (nSPS) is 8.23. The van der Waals surface area contributed by atoms with Gasteiger partial charge in [-0.25, -0.2) is 0 Å². The van der Waals surface area contributed by atoms with Crippen LogP contribution in [-0.2, 0) is 11.3 Å². The molecule has 0 bridgehead atoms. The summed E-state index contributed by atoms with van der Waals surface area (Å²) in [5.74, 6) is 0. The van der Waals surface area contributed by atoms with Crippen molar-refractivity contribution < 1.29 is 6.22 Å². The lowest BCUT2D eigenvalue weighted by molar-refractivity contribution is -0.109. The van der Waals surface area contributed by atoms with Gasteiger partial charge in [-0.05, 0) is 24.1 Å². The molecule has 0 aromatic carbocycles. The fourth-order valence-electron chi connectivity index (χ4n) is 0.833. The highest BCUT2D eigenvalue weighted by Crippen LogP contribution is 2.02. The van der Waals surface area contributed by atoms with Gasteiger partial charge in [-0.15, -0.1) is 0 Å². The molecule has 1 heterocycles. The maximum atomic E-state index is 9.96. The lowest BCUT2D eigenvalue weighted by Crippen LogP contribution is -2.10. The number of carbonyl (C=O) groups is 1. The number of aromatic nitrogens is 1. The van der Waals surface area contributed by atoms with Crippen molar-refractivity contribution in [2.24, 2.45) is 0 Å². The Morgan fingerprint density at radius 3 is 2.85 bits per heavy atom. The molecule has 0 fully saturated rings. The molecule has 0 aliphatic carbocycles. The first-order chi connectivity index (χ1) is 6.34. The number of hydrogen-bond donors (Lipinski definition) is 1. The fraction of sp³-hybridized carbons (Fsp3) is 0.400. The molecule has 0 unspecified atom stereocenters. The van der Waals surface area contributed by atoms with Crippen molar-refractivity contribution in [3.63, 3.8) is 0 Å². The van der Waals surface area contributed by atoms with Gasteiger partial charge in [-0.1, -0.05) is 13.8 Å². The highest BCUT2D eigenvalue weighted by atomic mass is 16.1. The van der Waals surface area contributed by atoms with E-state index in [9.17, 15) is 4.79 Å². The predicted octanol–water partition coefficient (Wildman–Crippen LogP) is 1.91. The zero-order chi connectivity index (χ0) is 10.1. The average Bonchev–Trinajstić information content (AvgIpc) is 2.20. The second kappa shape index (κ2) is 7.28. The van der Waals surface area contributed by atoms with Gasteiger partial charge in [0, 0.05) is 20.4 Å². The van der Waals surface area contributed by atoms with E-state index in [0.717, 1.165) is 11.1 Å². The molecule has 1 aromatic heterocycles. The second-order valence-corrected chi connectivity index (χ2v) is 2.30. The van der Waals surface area contributed by atoms with Crippen molar-refractivity contribution >= 4 is 6.41 Å². The van der Waals surface area contributed by atoms with Gasteiger partial charge in [0.15, 0.2) is 0 Å². The highest BCUT2D eigenvalue weighted by Gasteiger charge is 1.94. The van der Waals surface area contributed by atoms with Crippen LogP contribution in [0.3, 0.4) is 0 Å². The van der Waals surface area contributed by atoms with Crippen LogP contribution in [0.4, 0.5) is 0 Å². The van der Waals surface area contributed by atoms with E-state index >= 15 is 0 Å². The summed E-state index contributed by atoms with van der Waals surface area (Å²) in [6, 6.07) is 1.92. The van der Waals surface area contributed by atoms with E-state index in [1.807, 2.05) is 26.8 Å². The molecule has 1 aromatic rings. The van der Waals surface area contributed by atoms with Crippen LogP contribution in [0, 0.1) is 6.92 Å². The van der Waals surface area contributed by atoms with Gasteiger partial charge in [0.05, 0.1) is 0 Å². The van der Waals surface area contributed by atoms with Crippen LogP contribution in [-0.4, -0.2) is 11.4 Å². The van der Waals surface area contributed by atoms with Crippen molar-refractivity contribution in [2.45, 2.75) is 27.3 Å². The molecular formula is C10H18N2O. The molecule has 0 radical (unpaired) electrons. The van der Waals surface area contributed by atoms with Crippen molar-refractivity contribution in [1.82, 2.24) is 10.3 Å². The Kier molecular flexibility index (Phi) is 6.51. The number of hydrogen-bond acceptors (Lipinski definition) is 2. The first-order valence-electron chi connectivity index (χ1n) is 4.41. The van der Waals surface area contributed by atoms with Gasteiger partial charge in [-0.3, -0.25) is 9.78 Å². The summed E-state index contributed by atoms with van der Waals surface area (Å²) < 4.78 is 0. The van der Waals surface area contributed by atoms with Gasteiger partial charge in [0.1, 0.15) is 0 Å². The van der Waals surface area contributed by atoms with Gasteiger partial charge in [-0.2, -0.15) is 0 Å². The lowest BCUT2D eigenvalue weighted by Gasteiger charge is -2.01. The predicted molar refractivity (Wildman–Crippen MR) is 55.3 cm³/mol. The van der Waals surface area contributed by atoms with E-state index in [2.05, 4.69) is 10.3 Å². The van der Waals surface area contributed by atoms with Gasteiger partial charge in [0.25, 0.3) is 0 Å². The quantitative estimate of drug-likeness (QED) is 0.725. The number of amides is 1. The maximum absolute atomic E-state index is 9.96. The first kappa shape index (κ1) is 11.6. The van der Waals surface area contributed by atoms with Crippen molar-refractivity contribution in [2.75, 3.05) is 0 Å². The van der Waals surface area contributed by atoms with Crippen LogP contribution in [0.5, 0.6) is 0 Å². The Morgan fingerprint density at radius 1 is 1.62 bits per heavy atom. The first-order valence-corrected chi connectivity index (χ1v) is 4.41. The third-order valence-corrected chi connectivity index (χ3v) is 1.52. The number of rotatable bonds is 3. The van der Waals surface area contributed by atoms with E-state index in [4.69, 9.17) is 0 Å². The zero-order valence-corrected chi connectivity index (χ0v) is 8.37. The number of carbonyl (C=O) groups excluding carboxylic acids is 1. The minimum absolute atomic E-state index is 0. The summed E-state index contributed by atoms with van der Waals surface area (Å²) in [7, 11) is 0. The van der Waals surface area contributed by atoms with Crippen LogP contribution in [0.15, 0.2) is 18.5 Å². The summed E-state index contributed by atoms with van der Waals surface area (Å²) in [5, 5.41) is 2.58. The molecule has 3 heteroatoms. The maximum Gasteiger partial charge on any atom is 0.207 e.